The molecule has 2 rings (SSSR count). The Labute approximate surface area is 140 Å². The summed E-state index contributed by atoms with van der Waals surface area (Å²) in [4.78, 5) is 14.4. The maximum absolute atomic E-state index is 12.5. The monoisotopic (exact) mass is 324 g/mol. The third-order valence-corrected chi connectivity index (χ3v) is 4.42. The maximum Gasteiger partial charge on any atom is 0.225 e. The molecule has 1 amide bonds. The molecule has 0 saturated carbocycles. The smallest absolute Gasteiger partial charge is 0.225 e. The van der Waals surface area contributed by atoms with E-state index in [-0.39, 0.29) is 24.2 Å². The number of hydrogen-bond donors (Lipinski definition) is 1. The molecule has 1 aromatic rings. The van der Waals surface area contributed by atoms with Crippen LogP contribution in [0.3, 0.4) is 0 Å². The molecule has 1 heterocycles. The summed E-state index contributed by atoms with van der Waals surface area (Å²) >= 11 is 0. The number of amides is 1. The summed E-state index contributed by atoms with van der Waals surface area (Å²) in [6, 6.07) is 9.08. The van der Waals surface area contributed by atoms with Gasteiger partial charge in [-0.05, 0) is 43.4 Å². The molecular weight excluding hydrogens is 296 g/mol. The Morgan fingerprint density at radius 3 is 2.50 bits per heavy atom. The minimum absolute atomic E-state index is 0. The van der Waals surface area contributed by atoms with E-state index < -0.39 is 0 Å². The zero-order valence-electron chi connectivity index (χ0n) is 14.1. The van der Waals surface area contributed by atoms with Crippen molar-refractivity contribution in [2.24, 2.45) is 5.92 Å². The van der Waals surface area contributed by atoms with Gasteiger partial charge in [-0.15, -0.1) is 12.4 Å². The molecule has 1 aliphatic rings. The lowest BCUT2D eigenvalue weighted by Crippen LogP contribution is -2.42. The SMILES string of the molecule is CC(C)c1ccc(CN(C)C(=O)[C@H]2CCN[C@@H](C)C2)cc1.Cl. The van der Waals surface area contributed by atoms with E-state index in [4.69, 9.17) is 0 Å². The minimum atomic E-state index is 0. The lowest BCUT2D eigenvalue weighted by atomic mass is 9.92. The van der Waals surface area contributed by atoms with Crippen LogP contribution in [-0.4, -0.2) is 30.4 Å². The highest BCUT2D eigenvalue weighted by Gasteiger charge is 2.26. The second kappa shape index (κ2) is 8.54. The molecule has 0 spiro atoms. The van der Waals surface area contributed by atoms with Gasteiger partial charge in [0.2, 0.25) is 5.91 Å². The second-order valence-electron chi connectivity index (χ2n) is 6.67. The van der Waals surface area contributed by atoms with Crippen molar-refractivity contribution < 1.29 is 4.79 Å². The van der Waals surface area contributed by atoms with Gasteiger partial charge in [0.15, 0.2) is 0 Å². The molecule has 1 fully saturated rings. The third-order valence-electron chi connectivity index (χ3n) is 4.42. The van der Waals surface area contributed by atoms with Gasteiger partial charge < -0.3 is 10.2 Å². The second-order valence-corrected chi connectivity index (χ2v) is 6.67. The van der Waals surface area contributed by atoms with E-state index >= 15 is 0 Å². The first kappa shape index (κ1) is 19.0. The Balaban J connectivity index is 0.00000242. The highest BCUT2D eigenvalue weighted by atomic mass is 35.5. The van der Waals surface area contributed by atoms with Gasteiger partial charge in [-0.3, -0.25) is 4.79 Å². The van der Waals surface area contributed by atoms with E-state index in [1.165, 1.54) is 11.1 Å². The summed E-state index contributed by atoms with van der Waals surface area (Å²) < 4.78 is 0. The molecule has 1 aromatic carbocycles. The van der Waals surface area contributed by atoms with Crippen molar-refractivity contribution in [3.63, 3.8) is 0 Å². The lowest BCUT2D eigenvalue weighted by Gasteiger charge is -2.30. The molecule has 1 N–H and O–H groups in total. The van der Waals surface area contributed by atoms with Crippen molar-refractivity contribution >= 4 is 18.3 Å². The quantitative estimate of drug-likeness (QED) is 0.918. The van der Waals surface area contributed by atoms with Crippen LogP contribution in [0.4, 0.5) is 0 Å². The molecule has 0 aromatic heterocycles. The summed E-state index contributed by atoms with van der Waals surface area (Å²) in [6.45, 7) is 8.21. The zero-order valence-corrected chi connectivity index (χ0v) is 15.0. The third kappa shape index (κ3) is 4.99. The highest BCUT2D eigenvalue weighted by Crippen LogP contribution is 2.20. The van der Waals surface area contributed by atoms with E-state index in [1.807, 2.05) is 11.9 Å². The summed E-state index contributed by atoms with van der Waals surface area (Å²) in [5, 5.41) is 3.40. The molecule has 0 aliphatic carbocycles. The highest BCUT2D eigenvalue weighted by molar-refractivity contribution is 5.85. The van der Waals surface area contributed by atoms with Crippen molar-refractivity contribution in [3.05, 3.63) is 35.4 Å². The molecule has 0 radical (unpaired) electrons. The first-order valence-electron chi connectivity index (χ1n) is 8.04. The lowest BCUT2D eigenvalue weighted by molar-refractivity contribution is -0.135. The number of rotatable bonds is 4. The first-order valence-corrected chi connectivity index (χ1v) is 8.04. The number of nitrogens with one attached hydrogen (secondary N) is 1. The van der Waals surface area contributed by atoms with Crippen LogP contribution in [0, 0.1) is 5.92 Å². The molecule has 4 heteroatoms. The van der Waals surface area contributed by atoms with Gasteiger partial charge in [-0.25, -0.2) is 0 Å². The van der Waals surface area contributed by atoms with E-state index in [1.54, 1.807) is 0 Å². The Bertz CT molecular complexity index is 472. The fourth-order valence-electron chi connectivity index (χ4n) is 3.03. The molecule has 1 saturated heterocycles. The molecule has 124 valence electrons. The van der Waals surface area contributed by atoms with Crippen LogP contribution in [0.1, 0.15) is 50.7 Å². The Hall–Kier alpha value is -1.06. The van der Waals surface area contributed by atoms with Gasteiger partial charge in [0.05, 0.1) is 0 Å². The van der Waals surface area contributed by atoms with Crippen molar-refractivity contribution in [2.45, 2.75) is 52.1 Å². The molecule has 0 unspecified atom stereocenters. The van der Waals surface area contributed by atoms with E-state index in [0.717, 1.165) is 19.4 Å². The molecule has 1 aliphatic heterocycles. The standard InChI is InChI=1S/C18H28N2O.ClH/c1-13(2)16-7-5-15(6-8-16)12-20(4)18(21)17-9-10-19-14(3)11-17;/h5-8,13-14,17,19H,9-12H2,1-4H3;1H/t14-,17-;/m0./s1. The van der Waals surface area contributed by atoms with Crippen LogP contribution in [0.2, 0.25) is 0 Å². The molecule has 0 bridgehead atoms. The first-order chi connectivity index (χ1) is 9.97. The number of halogens is 1. The van der Waals surface area contributed by atoms with E-state index in [2.05, 4.69) is 50.4 Å². The van der Waals surface area contributed by atoms with Crippen LogP contribution < -0.4 is 5.32 Å². The summed E-state index contributed by atoms with van der Waals surface area (Å²) in [5.74, 6) is 1.02. The van der Waals surface area contributed by atoms with Gasteiger partial charge in [0, 0.05) is 25.6 Å². The topological polar surface area (TPSA) is 32.3 Å². The summed E-state index contributed by atoms with van der Waals surface area (Å²) in [7, 11) is 1.92. The Morgan fingerprint density at radius 2 is 1.95 bits per heavy atom. The van der Waals surface area contributed by atoms with Gasteiger partial charge in [0.1, 0.15) is 0 Å². The van der Waals surface area contributed by atoms with Gasteiger partial charge >= 0.3 is 0 Å². The fraction of sp³-hybridized carbons (Fsp3) is 0.611. The number of piperidine rings is 1. The van der Waals surface area contributed by atoms with Crippen molar-refractivity contribution in [1.82, 2.24) is 10.2 Å². The largest absolute Gasteiger partial charge is 0.341 e. The average molecular weight is 325 g/mol. The molecule has 3 nitrogen and oxygen atoms in total. The van der Waals surface area contributed by atoms with Crippen molar-refractivity contribution in [3.8, 4) is 0 Å². The van der Waals surface area contributed by atoms with E-state index in [0.29, 0.717) is 18.5 Å². The number of nitrogens with zero attached hydrogens (tertiary/aromatic N) is 1. The fourth-order valence-corrected chi connectivity index (χ4v) is 3.03. The van der Waals surface area contributed by atoms with Crippen molar-refractivity contribution in [2.75, 3.05) is 13.6 Å². The van der Waals surface area contributed by atoms with Crippen LogP contribution in [0.25, 0.3) is 0 Å². The maximum atomic E-state index is 12.5. The Kier molecular flexibility index (Phi) is 7.37. The van der Waals surface area contributed by atoms with E-state index in [9.17, 15) is 4.79 Å². The van der Waals surface area contributed by atoms with Crippen LogP contribution in [-0.2, 0) is 11.3 Å². The minimum Gasteiger partial charge on any atom is -0.341 e. The van der Waals surface area contributed by atoms with Gasteiger partial charge in [-0.2, -0.15) is 0 Å². The predicted octanol–water partition coefficient (Wildman–Crippen LogP) is 3.58. The molecule has 2 atom stereocenters. The average Bonchev–Trinajstić information content (AvgIpc) is 2.47. The summed E-state index contributed by atoms with van der Waals surface area (Å²) in [6.07, 6.45) is 1.91. The molecule has 22 heavy (non-hydrogen) atoms. The number of hydrogen-bond acceptors (Lipinski definition) is 2. The van der Waals surface area contributed by atoms with Crippen LogP contribution >= 0.6 is 12.4 Å². The predicted molar refractivity (Wildman–Crippen MR) is 94.4 cm³/mol. The number of carbonyl (C=O) groups is 1. The van der Waals surface area contributed by atoms with Crippen LogP contribution in [0.15, 0.2) is 24.3 Å². The van der Waals surface area contributed by atoms with Gasteiger partial charge in [-0.1, -0.05) is 38.1 Å². The summed E-state index contributed by atoms with van der Waals surface area (Å²) in [5.41, 5.74) is 2.55. The Morgan fingerprint density at radius 1 is 1.32 bits per heavy atom. The molecular formula is C18H29ClN2O. The zero-order chi connectivity index (χ0) is 15.4. The number of benzene rings is 1. The van der Waals surface area contributed by atoms with Crippen LogP contribution in [0.5, 0.6) is 0 Å². The number of carbonyl (C=O) groups excluding carboxylic acids is 1. The van der Waals surface area contributed by atoms with Gasteiger partial charge in [0.25, 0.3) is 0 Å². The van der Waals surface area contributed by atoms with Crippen molar-refractivity contribution in [1.29, 1.82) is 0 Å². The normalized spacial score (nSPS) is 21.3.